The molecule has 1 aromatic heterocycles. The zero-order valence-electron chi connectivity index (χ0n) is 10.4. The van der Waals surface area contributed by atoms with Gasteiger partial charge in [-0.25, -0.2) is 0 Å². The van der Waals surface area contributed by atoms with Gasteiger partial charge in [-0.05, 0) is 30.7 Å². The number of nitrogens with one attached hydrogen (secondary N) is 1. The highest BCUT2D eigenvalue weighted by molar-refractivity contribution is 5.62. The van der Waals surface area contributed by atoms with E-state index in [2.05, 4.69) is 10.3 Å². The van der Waals surface area contributed by atoms with E-state index in [1.54, 1.807) is 18.5 Å². The first kappa shape index (κ1) is 12.8. The minimum Gasteiger partial charge on any atom is -0.398 e. The molecular weight excluding hydrogens is 244 g/mol. The molecule has 19 heavy (non-hydrogen) atoms. The highest BCUT2D eigenvalue weighted by atomic mass is 16.6. The second kappa shape index (κ2) is 5.34. The fourth-order valence-corrected chi connectivity index (χ4v) is 1.81. The number of nitro groups is 1. The molecule has 0 aliphatic carbocycles. The molecule has 1 atom stereocenters. The molecule has 6 heteroatoms. The Morgan fingerprint density at radius 1 is 1.32 bits per heavy atom. The number of anilines is 2. The molecule has 0 bridgehead atoms. The van der Waals surface area contributed by atoms with E-state index in [-0.39, 0.29) is 11.7 Å². The monoisotopic (exact) mass is 258 g/mol. The number of pyridine rings is 1. The summed E-state index contributed by atoms with van der Waals surface area (Å²) in [5, 5.41) is 14.0. The molecule has 0 aliphatic heterocycles. The molecule has 0 saturated heterocycles. The second-order valence-electron chi connectivity index (χ2n) is 4.22. The third kappa shape index (κ3) is 3.19. The van der Waals surface area contributed by atoms with Crippen LogP contribution in [0.1, 0.15) is 18.5 Å². The summed E-state index contributed by atoms with van der Waals surface area (Å²) >= 11 is 0. The average Bonchev–Trinajstić information content (AvgIpc) is 2.39. The Kier molecular flexibility index (Phi) is 3.61. The van der Waals surface area contributed by atoms with Gasteiger partial charge in [-0.3, -0.25) is 15.1 Å². The Morgan fingerprint density at radius 3 is 2.63 bits per heavy atom. The van der Waals surface area contributed by atoms with Gasteiger partial charge in [-0.2, -0.15) is 0 Å². The second-order valence-corrected chi connectivity index (χ2v) is 4.22. The number of hydrogen-bond donors (Lipinski definition) is 2. The summed E-state index contributed by atoms with van der Waals surface area (Å²) in [4.78, 5) is 14.3. The summed E-state index contributed by atoms with van der Waals surface area (Å²) in [6, 6.07) is 8.25. The predicted molar refractivity (Wildman–Crippen MR) is 73.8 cm³/mol. The number of nitrogens with zero attached hydrogens (tertiary/aromatic N) is 2. The van der Waals surface area contributed by atoms with Gasteiger partial charge in [0.25, 0.3) is 5.69 Å². The van der Waals surface area contributed by atoms with Crippen molar-refractivity contribution in [2.45, 2.75) is 13.0 Å². The Balaban J connectivity index is 2.21. The van der Waals surface area contributed by atoms with Gasteiger partial charge < -0.3 is 11.1 Å². The van der Waals surface area contributed by atoms with E-state index in [1.165, 1.54) is 12.1 Å². The first-order chi connectivity index (χ1) is 9.06. The summed E-state index contributed by atoms with van der Waals surface area (Å²) in [5.74, 6) is 0. The van der Waals surface area contributed by atoms with E-state index in [1.807, 2.05) is 19.1 Å². The number of nitrogen functional groups attached to an aromatic ring is 1. The Morgan fingerprint density at radius 2 is 2.00 bits per heavy atom. The molecular formula is C13H14N4O2. The Bertz CT molecular complexity index is 586. The molecule has 0 radical (unpaired) electrons. The van der Waals surface area contributed by atoms with Crippen molar-refractivity contribution in [2.24, 2.45) is 0 Å². The number of nitrogens with two attached hydrogens (primary N) is 1. The van der Waals surface area contributed by atoms with Gasteiger partial charge in [0.2, 0.25) is 0 Å². The van der Waals surface area contributed by atoms with Crippen LogP contribution in [0.5, 0.6) is 0 Å². The molecule has 1 aromatic carbocycles. The molecule has 1 heterocycles. The molecule has 2 rings (SSSR count). The highest BCUT2D eigenvalue weighted by Crippen LogP contribution is 2.25. The number of hydrogen-bond acceptors (Lipinski definition) is 5. The molecule has 0 amide bonds. The third-order valence-electron chi connectivity index (χ3n) is 2.74. The van der Waals surface area contributed by atoms with Crippen LogP contribution >= 0.6 is 0 Å². The van der Waals surface area contributed by atoms with Crippen LogP contribution in [-0.2, 0) is 0 Å². The van der Waals surface area contributed by atoms with Crippen molar-refractivity contribution in [3.8, 4) is 0 Å². The lowest BCUT2D eigenvalue weighted by atomic mass is 10.1. The van der Waals surface area contributed by atoms with Crippen LogP contribution in [0.3, 0.4) is 0 Å². The first-order valence-corrected chi connectivity index (χ1v) is 5.77. The molecule has 0 fully saturated rings. The van der Waals surface area contributed by atoms with E-state index in [0.717, 1.165) is 5.56 Å². The largest absolute Gasteiger partial charge is 0.398 e. The maximum absolute atomic E-state index is 10.8. The van der Waals surface area contributed by atoms with Crippen LogP contribution in [0.4, 0.5) is 17.1 Å². The van der Waals surface area contributed by atoms with Crippen molar-refractivity contribution in [3.05, 3.63) is 58.4 Å². The van der Waals surface area contributed by atoms with Crippen molar-refractivity contribution in [1.82, 2.24) is 4.98 Å². The fourth-order valence-electron chi connectivity index (χ4n) is 1.81. The number of benzene rings is 1. The van der Waals surface area contributed by atoms with Gasteiger partial charge in [-0.1, -0.05) is 0 Å². The smallest absolute Gasteiger partial charge is 0.273 e. The fraction of sp³-hybridized carbons (Fsp3) is 0.154. The third-order valence-corrected chi connectivity index (χ3v) is 2.74. The van der Waals surface area contributed by atoms with Crippen LogP contribution in [-0.4, -0.2) is 9.91 Å². The van der Waals surface area contributed by atoms with E-state index in [9.17, 15) is 10.1 Å². The maximum atomic E-state index is 10.8. The van der Waals surface area contributed by atoms with Gasteiger partial charge in [0, 0.05) is 41.9 Å². The van der Waals surface area contributed by atoms with Crippen LogP contribution in [0.15, 0.2) is 42.7 Å². The molecule has 0 saturated carbocycles. The van der Waals surface area contributed by atoms with Crippen molar-refractivity contribution >= 4 is 17.1 Å². The lowest BCUT2D eigenvalue weighted by Gasteiger charge is -2.15. The standard InChI is InChI=1S/C13H14N4O2/c1-9(10-2-4-15-5-3-10)16-12-6-11(14)7-13(8-12)17(18)19/h2-9,16H,14H2,1H3. The summed E-state index contributed by atoms with van der Waals surface area (Å²) in [6.07, 6.45) is 3.41. The van der Waals surface area contributed by atoms with Crippen molar-refractivity contribution < 1.29 is 4.92 Å². The minimum atomic E-state index is -0.460. The van der Waals surface area contributed by atoms with Crippen LogP contribution in [0.25, 0.3) is 0 Å². The number of non-ortho nitro benzene ring substituents is 1. The van der Waals surface area contributed by atoms with Gasteiger partial charge in [0.15, 0.2) is 0 Å². The van der Waals surface area contributed by atoms with Gasteiger partial charge in [-0.15, -0.1) is 0 Å². The SMILES string of the molecule is CC(Nc1cc(N)cc([N+](=O)[O-])c1)c1ccncc1. The maximum Gasteiger partial charge on any atom is 0.273 e. The molecule has 3 N–H and O–H groups in total. The average molecular weight is 258 g/mol. The van der Waals surface area contributed by atoms with Crippen molar-refractivity contribution in [1.29, 1.82) is 0 Å². The quantitative estimate of drug-likeness (QED) is 0.499. The minimum absolute atomic E-state index is 0.00408. The lowest BCUT2D eigenvalue weighted by Crippen LogP contribution is -2.07. The summed E-state index contributed by atoms with van der Waals surface area (Å²) in [6.45, 7) is 1.96. The van der Waals surface area contributed by atoms with Crippen LogP contribution in [0, 0.1) is 10.1 Å². The lowest BCUT2D eigenvalue weighted by molar-refractivity contribution is -0.384. The number of rotatable bonds is 4. The van der Waals surface area contributed by atoms with E-state index in [0.29, 0.717) is 11.4 Å². The zero-order valence-corrected chi connectivity index (χ0v) is 10.4. The van der Waals surface area contributed by atoms with E-state index >= 15 is 0 Å². The molecule has 0 aliphatic rings. The Hall–Kier alpha value is -2.63. The highest BCUT2D eigenvalue weighted by Gasteiger charge is 2.11. The van der Waals surface area contributed by atoms with E-state index < -0.39 is 4.92 Å². The van der Waals surface area contributed by atoms with Gasteiger partial charge in [0.1, 0.15) is 0 Å². The zero-order chi connectivity index (χ0) is 13.8. The molecule has 6 nitrogen and oxygen atoms in total. The van der Waals surface area contributed by atoms with Gasteiger partial charge >= 0.3 is 0 Å². The summed E-state index contributed by atoms with van der Waals surface area (Å²) < 4.78 is 0. The van der Waals surface area contributed by atoms with E-state index in [4.69, 9.17) is 5.73 Å². The number of nitro benzene ring substituents is 1. The summed E-state index contributed by atoms with van der Waals surface area (Å²) in [7, 11) is 0. The summed E-state index contributed by atoms with van der Waals surface area (Å²) in [5.41, 5.74) is 7.66. The molecule has 2 aromatic rings. The van der Waals surface area contributed by atoms with Crippen molar-refractivity contribution in [3.63, 3.8) is 0 Å². The molecule has 1 unspecified atom stereocenters. The van der Waals surface area contributed by atoms with Crippen molar-refractivity contribution in [2.75, 3.05) is 11.1 Å². The number of aromatic nitrogens is 1. The predicted octanol–water partition coefficient (Wildman–Crippen LogP) is 2.75. The van der Waals surface area contributed by atoms with Crippen LogP contribution < -0.4 is 11.1 Å². The molecule has 98 valence electrons. The molecule has 0 spiro atoms. The first-order valence-electron chi connectivity index (χ1n) is 5.77. The normalized spacial score (nSPS) is 11.8. The van der Waals surface area contributed by atoms with Crippen LogP contribution in [0.2, 0.25) is 0 Å². The van der Waals surface area contributed by atoms with Gasteiger partial charge in [0.05, 0.1) is 4.92 Å². The topological polar surface area (TPSA) is 94.1 Å². The Labute approximate surface area is 110 Å².